The van der Waals surface area contributed by atoms with Gasteiger partial charge in [0.05, 0.1) is 15.5 Å². The molecular weight excluding hydrogens is 404 g/mol. The van der Waals surface area contributed by atoms with E-state index in [0.717, 1.165) is 37.4 Å². The summed E-state index contributed by atoms with van der Waals surface area (Å²) in [6, 6.07) is 20.6. The molecule has 0 spiro atoms. The minimum Gasteiger partial charge on any atom is -0.258 e. The van der Waals surface area contributed by atoms with E-state index in [4.69, 9.17) is 0 Å². The SMILES string of the molecule is Cc1nc(-c2ccccc2)sc1-c1ccc(SCc2cccc([N+](=O)[O-])c2)nn1. The van der Waals surface area contributed by atoms with Crippen LogP contribution in [0.5, 0.6) is 0 Å². The minimum absolute atomic E-state index is 0.0967. The number of nitro benzene ring substituents is 1. The van der Waals surface area contributed by atoms with Gasteiger partial charge in [-0.1, -0.05) is 54.2 Å². The van der Waals surface area contributed by atoms with Crippen molar-refractivity contribution in [2.24, 2.45) is 0 Å². The smallest absolute Gasteiger partial charge is 0.258 e. The lowest BCUT2D eigenvalue weighted by Gasteiger charge is -2.02. The van der Waals surface area contributed by atoms with Crippen molar-refractivity contribution in [1.29, 1.82) is 0 Å². The summed E-state index contributed by atoms with van der Waals surface area (Å²) in [4.78, 5) is 16.2. The van der Waals surface area contributed by atoms with E-state index < -0.39 is 0 Å². The number of hydrogen-bond acceptors (Lipinski definition) is 7. The van der Waals surface area contributed by atoms with Crippen molar-refractivity contribution in [2.45, 2.75) is 17.7 Å². The molecule has 2 heterocycles. The van der Waals surface area contributed by atoms with Gasteiger partial charge < -0.3 is 0 Å². The molecule has 6 nitrogen and oxygen atoms in total. The first-order chi connectivity index (χ1) is 14.1. The van der Waals surface area contributed by atoms with Gasteiger partial charge in [0.1, 0.15) is 15.7 Å². The Morgan fingerprint density at radius 3 is 2.59 bits per heavy atom. The number of nitro groups is 1. The molecule has 144 valence electrons. The van der Waals surface area contributed by atoms with Gasteiger partial charge in [-0.15, -0.1) is 21.5 Å². The van der Waals surface area contributed by atoms with Gasteiger partial charge in [-0.05, 0) is 24.6 Å². The number of nitrogens with zero attached hydrogens (tertiary/aromatic N) is 4. The summed E-state index contributed by atoms with van der Waals surface area (Å²) in [5.41, 5.74) is 3.78. The molecule has 2 aromatic carbocycles. The zero-order chi connectivity index (χ0) is 20.2. The summed E-state index contributed by atoms with van der Waals surface area (Å²) in [7, 11) is 0. The molecule has 0 bridgehead atoms. The Kier molecular flexibility index (Phi) is 5.64. The molecule has 0 saturated carbocycles. The maximum atomic E-state index is 10.9. The zero-order valence-corrected chi connectivity index (χ0v) is 17.1. The van der Waals surface area contributed by atoms with Gasteiger partial charge in [-0.2, -0.15) is 0 Å². The van der Waals surface area contributed by atoms with E-state index >= 15 is 0 Å². The molecule has 29 heavy (non-hydrogen) atoms. The van der Waals surface area contributed by atoms with Gasteiger partial charge in [0, 0.05) is 23.4 Å². The van der Waals surface area contributed by atoms with Crippen LogP contribution in [0.3, 0.4) is 0 Å². The first-order valence-corrected chi connectivity index (χ1v) is 10.6. The average molecular weight is 421 g/mol. The van der Waals surface area contributed by atoms with Crippen LogP contribution in [-0.2, 0) is 5.75 Å². The van der Waals surface area contributed by atoms with Gasteiger partial charge in [0.25, 0.3) is 5.69 Å². The molecule has 0 fully saturated rings. The van der Waals surface area contributed by atoms with Crippen molar-refractivity contribution < 1.29 is 4.92 Å². The Morgan fingerprint density at radius 1 is 1.03 bits per heavy atom. The van der Waals surface area contributed by atoms with Crippen LogP contribution in [-0.4, -0.2) is 20.1 Å². The molecule has 0 radical (unpaired) electrons. The third-order valence-corrected chi connectivity index (χ3v) is 6.42. The van der Waals surface area contributed by atoms with Crippen LogP contribution < -0.4 is 0 Å². The van der Waals surface area contributed by atoms with Crippen molar-refractivity contribution >= 4 is 28.8 Å². The highest BCUT2D eigenvalue weighted by molar-refractivity contribution is 7.98. The average Bonchev–Trinajstić information content (AvgIpc) is 3.15. The molecule has 0 amide bonds. The lowest BCUT2D eigenvalue weighted by Crippen LogP contribution is -1.91. The number of aryl methyl sites for hydroxylation is 1. The molecule has 0 aliphatic rings. The largest absolute Gasteiger partial charge is 0.269 e. The second kappa shape index (κ2) is 8.50. The van der Waals surface area contributed by atoms with Crippen LogP contribution in [0.1, 0.15) is 11.3 Å². The fraction of sp³-hybridized carbons (Fsp3) is 0.0952. The van der Waals surface area contributed by atoms with Gasteiger partial charge >= 0.3 is 0 Å². The number of benzene rings is 2. The predicted octanol–water partition coefficient (Wildman–Crippen LogP) is 5.78. The summed E-state index contributed by atoms with van der Waals surface area (Å²) in [5, 5.41) is 21.3. The third kappa shape index (κ3) is 4.49. The van der Waals surface area contributed by atoms with Crippen LogP contribution >= 0.6 is 23.1 Å². The summed E-state index contributed by atoms with van der Waals surface area (Å²) < 4.78 is 0. The molecule has 0 N–H and O–H groups in total. The standard InChI is InChI=1S/C21H16N4O2S2/c1-14-20(29-21(22-14)16-7-3-2-4-8-16)18-10-11-19(24-23-18)28-13-15-6-5-9-17(12-15)25(26)27/h2-12H,13H2,1H3. The van der Waals surface area contributed by atoms with Gasteiger partial charge in [0.15, 0.2) is 0 Å². The maximum Gasteiger partial charge on any atom is 0.269 e. The Balaban J connectivity index is 1.48. The fourth-order valence-corrected chi connectivity index (χ4v) is 4.57. The molecule has 8 heteroatoms. The quantitative estimate of drug-likeness (QED) is 0.223. The molecule has 0 unspecified atom stereocenters. The molecule has 0 aliphatic carbocycles. The number of non-ortho nitro benzene ring substituents is 1. The Hall–Kier alpha value is -3.10. The second-order valence-corrected chi connectivity index (χ2v) is 8.27. The van der Waals surface area contributed by atoms with Crippen LogP contribution in [0, 0.1) is 17.0 Å². The van der Waals surface area contributed by atoms with Crippen LogP contribution in [0.4, 0.5) is 5.69 Å². The second-order valence-electron chi connectivity index (χ2n) is 6.27. The number of thioether (sulfide) groups is 1. The number of thiazole rings is 1. The lowest BCUT2D eigenvalue weighted by atomic mass is 10.2. The van der Waals surface area contributed by atoms with Gasteiger partial charge in [-0.3, -0.25) is 10.1 Å². The summed E-state index contributed by atoms with van der Waals surface area (Å²) in [5.74, 6) is 0.591. The Morgan fingerprint density at radius 2 is 1.86 bits per heavy atom. The summed E-state index contributed by atoms with van der Waals surface area (Å²) in [6.45, 7) is 1.98. The summed E-state index contributed by atoms with van der Waals surface area (Å²) >= 11 is 3.10. The maximum absolute atomic E-state index is 10.9. The van der Waals surface area contributed by atoms with E-state index in [0.29, 0.717) is 5.75 Å². The highest BCUT2D eigenvalue weighted by Gasteiger charge is 2.13. The van der Waals surface area contributed by atoms with E-state index in [1.807, 2.05) is 55.5 Å². The molecule has 4 aromatic rings. The molecule has 0 saturated heterocycles. The monoisotopic (exact) mass is 420 g/mol. The summed E-state index contributed by atoms with van der Waals surface area (Å²) in [6.07, 6.45) is 0. The van der Waals surface area contributed by atoms with E-state index in [2.05, 4.69) is 15.2 Å². The Bertz CT molecular complexity index is 1150. The number of hydrogen-bond donors (Lipinski definition) is 0. The highest BCUT2D eigenvalue weighted by atomic mass is 32.2. The Labute approximate surface area is 175 Å². The number of aromatic nitrogens is 3. The number of rotatable bonds is 6. The molecular formula is C21H16N4O2S2. The molecule has 0 aliphatic heterocycles. The topological polar surface area (TPSA) is 81.8 Å². The van der Waals surface area contributed by atoms with E-state index in [-0.39, 0.29) is 10.6 Å². The van der Waals surface area contributed by atoms with Crippen molar-refractivity contribution in [3.05, 3.63) is 88.1 Å². The fourth-order valence-electron chi connectivity index (χ4n) is 2.77. The van der Waals surface area contributed by atoms with E-state index in [1.165, 1.54) is 17.8 Å². The van der Waals surface area contributed by atoms with Crippen molar-refractivity contribution in [1.82, 2.24) is 15.2 Å². The first kappa shape index (κ1) is 19.2. The van der Waals surface area contributed by atoms with Crippen molar-refractivity contribution in [3.63, 3.8) is 0 Å². The zero-order valence-electron chi connectivity index (χ0n) is 15.5. The van der Waals surface area contributed by atoms with Crippen LogP contribution in [0.15, 0.2) is 71.8 Å². The third-order valence-electron chi connectivity index (χ3n) is 4.20. The van der Waals surface area contributed by atoms with Crippen LogP contribution in [0.25, 0.3) is 21.1 Å². The molecule has 2 aromatic heterocycles. The molecule has 4 rings (SSSR count). The van der Waals surface area contributed by atoms with Crippen LogP contribution in [0.2, 0.25) is 0 Å². The lowest BCUT2D eigenvalue weighted by molar-refractivity contribution is -0.384. The van der Waals surface area contributed by atoms with Crippen molar-refractivity contribution in [3.8, 4) is 21.1 Å². The molecule has 0 atom stereocenters. The highest BCUT2D eigenvalue weighted by Crippen LogP contribution is 2.34. The first-order valence-electron chi connectivity index (χ1n) is 8.83. The minimum atomic E-state index is -0.385. The van der Waals surface area contributed by atoms with Gasteiger partial charge in [-0.25, -0.2) is 4.98 Å². The van der Waals surface area contributed by atoms with Gasteiger partial charge in [0.2, 0.25) is 0 Å². The normalized spacial score (nSPS) is 10.8. The van der Waals surface area contributed by atoms with Crippen molar-refractivity contribution in [2.75, 3.05) is 0 Å². The van der Waals surface area contributed by atoms with E-state index in [1.54, 1.807) is 23.5 Å². The predicted molar refractivity (Wildman–Crippen MR) is 116 cm³/mol. The van der Waals surface area contributed by atoms with E-state index in [9.17, 15) is 10.1 Å².